The maximum Gasteiger partial charge on any atom is 0.0645 e. The second-order valence-electron chi connectivity index (χ2n) is 4.85. The number of nitrogens with zero attached hydrogens (tertiary/aromatic N) is 1. The van der Waals surface area contributed by atoms with E-state index in [2.05, 4.69) is 37.6 Å². The molecule has 1 unspecified atom stereocenters. The predicted molar refractivity (Wildman–Crippen MR) is 64.1 cm³/mol. The van der Waals surface area contributed by atoms with Gasteiger partial charge in [-0.3, -0.25) is 4.90 Å². The first-order chi connectivity index (χ1) is 7.08. The molecule has 0 aliphatic carbocycles. The summed E-state index contributed by atoms with van der Waals surface area (Å²) in [5, 5.41) is 3.37. The van der Waals surface area contributed by atoms with Gasteiger partial charge in [-0.2, -0.15) is 0 Å². The first-order valence-corrected chi connectivity index (χ1v) is 5.74. The molecule has 88 valence electrons. The SMILES string of the molecule is C=CCNCC(C)N1CCOCC1(C)C. The highest BCUT2D eigenvalue weighted by molar-refractivity contribution is 4.88. The van der Waals surface area contributed by atoms with Crippen LogP contribution in [0.2, 0.25) is 0 Å². The lowest BCUT2D eigenvalue weighted by Crippen LogP contribution is -2.58. The van der Waals surface area contributed by atoms with Crippen molar-refractivity contribution in [3.05, 3.63) is 12.7 Å². The highest BCUT2D eigenvalue weighted by atomic mass is 16.5. The van der Waals surface area contributed by atoms with Crippen LogP contribution >= 0.6 is 0 Å². The minimum Gasteiger partial charge on any atom is -0.378 e. The van der Waals surface area contributed by atoms with Crippen molar-refractivity contribution in [2.75, 3.05) is 32.8 Å². The monoisotopic (exact) mass is 212 g/mol. The number of ether oxygens (including phenoxy) is 1. The molecule has 1 N–H and O–H groups in total. The highest BCUT2D eigenvalue weighted by Crippen LogP contribution is 2.21. The molecule has 0 aromatic rings. The molecule has 3 heteroatoms. The smallest absolute Gasteiger partial charge is 0.0645 e. The van der Waals surface area contributed by atoms with E-state index in [0.29, 0.717) is 6.04 Å². The van der Waals surface area contributed by atoms with E-state index < -0.39 is 0 Å². The van der Waals surface area contributed by atoms with E-state index >= 15 is 0 Å². The number of nitrogens with one attached hydrogen (secondary N) is 1. The van der Waals surface area contributed by atoms with Crippen LogP contribution in [0.4, 0.5) is 0 Å². The Labute approximate surface area is 93.5 Å². The molecule has 3 nitrogen and oxygen atoms in total. The molecule has 1 heterocycles. The van der Waals surface area contributed by atoms with Crippen molar-refractivity contribution in [3.8, 4) is 0 Å². The van der Waals surface area contributed by atoms with Crippen LogP contribution in [0.25, 0.3) is 0 Å². The Morgan fingerprint density at radius 3 is 2.93 bits per heavy atom. The standard InChI is InChI=1S/C12H24N2O/c1-5-6-13-9-11(2)14-7-8-15-10-12(14,3)4/h5,11,13H,1,6-10H2,2-4H3. The largest absolute Gasteiger partial charge is 0.378 e. The molecule has 1 aliphatic heterocycles. The van der Waals surface area contributed by atoms with Gasteiger partial charge in [0.2, 0.25) is 0 Å². The van der Waals surface area contributed by atoms with Crippen LogP contribution in [-0.2, 0) is 4.74 Å². The van der Waals surface area contributed by atoms with Gasteiger partial charge in [0.05, 0.1) is 13.2 Å². The zero-order valence-electron chi connectivity index (χ0n) is 10.3. The summed E-state index contributed by atoms with van der Waals surface area (Å²) in [6, 6.07) is 0.545. The maximum absolute atomic E-state index is 5.51. The summed E-state index contributed by atoms with van der Waals surface area (Å²) in [7, 11) is 0. The van der Waals surface area contributed by atoms with Gasteiger partial charge < -0.3 is 10.1 Å². The molecule has 0 spiro atoms. The van der Waals surface area contributed by atoms with Crippen LogP contribution in [0.1, 0.15) is 20.8 Å². The fourth-order valence-corrected chi connectivity index (χ4v) is 2.19. The zero-order valence-corrected chi connectivity index (χ0v) is 10.3. The van der Waals surface area contributed by atoms with Gasteiger partial charge in [0, 0.05) is 31.2 Å². The average Bonchev–Trinajstić information content (AvgIpc) is 2.17. The molecule has 0 aromatic heterocycles. The van der Waals surface area contributed by atoms with Gasteiger partial charge in [-0.25, -0.2) is 0 Å². The maximum atomic E-state index is 5.51. The van der Waals surface area contributed by atoms with E-state index in [1.807, 2.05) is 6.08 Å². The lowest BCUT2D eigenvalue weighted by atomic mass is 10.00. The molecular weight excluding hydrogens is 188 g/mol. The van der Waals surface area contributed by atoms with Gasteiger partial charge in [0.15, 0.2) is 0 Å². The first kappa shape index (κ1) is 12.7. The highest BCUT2D eigenvalue weighted by Gasteiger charge is 2.33. The molecule has 1 saturated heterocycles. The van der Waals surface area contributed by atoms with Crippen LogP contribution in [0, 0.1) is 0 Å². The molecule has 0 aromatic carbocycles. The minimum absolute atomic E-state index is 0.160. The van der Waals surface area contributed by atoms with E-state index in [1.54, 1.807) is 0 Å². The normalized spacial score (nSPS) is 23.7. The topological polar surface area (TPSA) is 24.5 Å². The fraction of sp³-hybridized carbons (Fsp3) is 0.833. The molecule has 0 saturated carbocycles. The number of hydrogen-bond donors (Lipinski definition) is 1. The zero-order chi connectivity index (χ0) is 11.3. The van der Waals surface area contributed by atoms with E-state index in [-0.39, 0.29) is 5.54 Å². The van der Waals surface area contributed by atoms with Crippen molar-refractivity contribution in [2.45, 2.75) is 32.4 Å². The number of morpholine rings is 1. The molecular formula is C12H24N2O. The van der Waals surface area contributed by atoms with E-state index in [1.165, 1.54) is 0 Å². The summed E-state index contributed by atoms with van der Waals surface area (Å²) in [5.41, 5.74) is 0.160. The molecule has 1 atom stereocenters. The Morgan fingerprint density at radius 1 is 1.60 bits per heavy atom. The molecule has 15 heavy (non-hydrogen) atoms. The van der Waals surface area contributed by atoms with Gasteiger partial charge in [-0.05, 0) is 20.8 Å². The molecule has 0 amide bonds. The Morgan fingerprint density at radius 2 is 2.33 bits per heavy atom. The Hall–Kier alpha value is -0.380. The van der Waals surface area contributed by atoms with Crippen LogP contribution in [0.15, 0.2) is 12.7 Å². The second kappa shape index (κ2) is 5.64. The summed E-state index contributed by atoms with van der Waals surface area (Å²) >= 11 is 0. The van der Waals surface area contributed by atoms with Gasteiger partial charge >= 0.3 is 0 Å². The van der Waals surface area contributed by atoms with Gasteiger partial charge in [-0.15, -0.1) is 6.58 Å². The number of hydrogen-bond acceptors (Lipinski definition) is 3. The average molecular weight is 212 g/mol. The van der Waals surface area contributed by atoms with Crippen molar-refractivity contribution in [3.63, 3.8) is 0 Å². The van der Waals surface area contributed by atoms with Crippen LogP contribution in [-0.4, -0.2) is 49.3 Å². The van der Waals surface area contributed by atoms with Crippen molar-refractivity contribution in [2.24, 2.45) is 0 Å². The fourth-order valence-electron chi connectivity index (χ4n) is 2.19. The van der Waals surface area contributed by atoms with Gasteiger partial charge in [0.25, 0.3) is 0 Å². The molecule has 0 radical (unpaired) electrons. The Balaban J connectivity index is 2.41. The van der Waals surface area contributed by atoms with Crippen molar-refractivity contribution >= 4 is 0 Å². The van der Waals surface area contributed by atoms with Crippen molar-refractivity contribution in [1.29, 1.82) is 0 Å². The summed E-state index contributed by atoms with van der Waals surface area (Å²) in [4.78, 5) is 2.52. The third-order valence-corrected chi connectivity index (χ3v) is 2.97. The predicted octanol–water partition coefficient (Wildman–Crippen LogP) is 1.26. The summed E-state index contributed by atoms with van der Waals surface area (Å²) < 4.78 is 5.51. The molecule has 1 fully saturated rings. The van der Waals surface area contributed by atoms with E-state index in [9.17, 15) is 0 Å². The molecule has 1 aliphatic rings. The summed E-state index contributed by atoms with van der Waals surface area (Å²) in [5.74, 6) is 0. The van der Waals surface area contributed by atoms with E-state index in [0.717, 1.165) is 32.8 Å². The van der Waals surface area contributed by atoms with E-state index in [4.69, 9.17) is 4.74 Å². The quantitative estimate of drug-likeness (QED) is 0.548. The Bertz CT molecular complexity index is 204. The first-order valence-electron chi connectivity index (χ1n) is 5.74. The van der Waals surface area contributed by atoms with Crippen molar-refractivity contribution in [1.82, 2.24) is 10.2 Å². The molecule has 0 bridgehead atoms. The number of rotatable bonds is 5. The van der Waals surface area contributed by atoms with Crippen molar-refractivity contribution < 1.29 is 4.74 Å². The summed E-state index contributed by atoms with van der Waals surface area (Å²) in [6.07, 6.45) is 1.90. The van der Waals surface area contributed by atoms with Crippen LogP contribution < -0.4 is 5.32 Å². The lowest BCUT2D eigenvalue weighted by molar-refractivity contribution is -0.0680. The van der Waals surface area contributed by atoms with Gasteiger partial charge in [-0.1, -0.05) is 6.08 Å². The lowest BCUT2D eigenvalue weighted by Gasteiger charge is -2.45. The molecule has 1 rings (SSSR count). The van der Waals surface area contributed by atoms with Gasteiger partial charge in [0.1, 0.15) is 0 Å². The van der Waals surface area contributed by atoms with Crippen LogP contribution in [0.5, 0.6) is 0 Å². The Kier molecular flexibility index (Phi) is 4.77. The third-order valence-electron chi connectivity index (χ3n) is 2.97. The second-order valence-corrected chi connectivity index (χ2v) is 4.85. The third kappa shape index (κ3) is 3.59. The van der Waals surface area contributed by atoms with Crippen LogP contribution in [0.3, 0.4) is 0 Å². The summed E-state index contributed by atoms with van der Waals surface area (Å²) in [6.45, 7) is 15.1. The minimum atomic E-state index is 0.160.